The minimum absolute atomic E-state index is 0.145. The summed E-state index contributed by atoms with van der Waals surface area (Å²) in [6, 6.07) is 16.4. The highest BCUT2D eigenvalue weighted by atomic mass is 16.5. The van der Waals surface area contributed by atoms with Gasteiger partial charge in [0.05, 0.1) is 16.9 Å². The Balaban J connectivity index is 1.53. The number of benzene rings is 2. The van der Waals surface area contributed by atoms with Gasteiger partial charge >= 0.3 is 5.97 Å². The number of amides is 1. The molecule has 0 unspecified atom stereocenters. The van der Waals surface area contributed by atoms with Gasteiger partial charge < -0.3 is 15.0 Å². The topological polar surface area (TPSA) is 98.1 Å². The van der Waals surface area contributed by atoms with Crippen LogP contribution in [-0.2, 0) is 16.6 Å². The lowest BCUT2D eigenvalue weighted by Gasteiger charge is -2.12. The molecule has 1 amide bonds. The number of aromatic amines is 1. The molecule has 0 aliphatic rings. The number of aromatic nitrogens is 3. The molecule has 8 heteroatoms. The normalized spacial score (nSPS) is 12.0. The first-order chi connectivity index (χ1) is 14.9. The summed E-state index contributed by atoms with van der Waals surface area (Å²) in [5, 5.41) is 3.33. The first-order valence-electron chi connectivity index (χ1n) is 9.80. The van der Waals surface area contributed by atoms with E-state index in [0.29, 0.717) is 22.3 Å². The van der Waals surface area contributed by atoms with Gasteiger partial charge in [0.2, 0.25) is 0 Å². The van der Waals surface area contributed by atoms with E-state index in [1.54, 1.807) is 43.0 Å². The highest BCUT2D eigenvalue weighted by Gasteiger charge is 2.24. The fraction of sp³-hybridized carbons (Fsp3) is 0.174. The van der Waals surface area contributed by atoms with Gasteiger partial charge in [-0.15, -0.1) is 0 Å². The molecule has 0 fully saturated rings. The number of nitrogens with one attached hydrogen (secondary N) is 2. The molecule has 2 N–H and O–H groups in total. The Bertz CT molecular complexity index is 1330. The van der Waals surface area contributed by atoms with E-state index < -0.39 is 18.0 Å². The van der Waals surface area contributed by atoms with E-state index in [1.165, 1.54) is 11.6 Å². The predicted molar refractivity (Wildman–Crippen MR) is 118 cm³/mol. The van der Waals surface area contributed by atoms with Gasteiger partial charge in [0.25, 0.3) is 11.5 Å². The Morgan fingerprint density at radius 1 is 1.06 bits per heavy atom. The van der Waals surface area contributed by atoms with Crippen molar-refractivity contribution in [3.8, 4) is 5.69 Å². The Hall–Kier alpha value is -4.07. The van der Waals surface area contributed by atoms with Crippen molar-refractivity contribution in [2.45, 2.75) is 20.0 Å². The number of carbonyl (C=O) groups is 2. The minimum atomic E-state index is -1.09. The van der Waals surface area contributed by atoms with Crippen LogP contribution in [0.15, 0.2) is 65.6 Å². The number of para-hydroxylation sites is 2. The highest BCUT2D eigenvalue weighted by molar-refractivity contribution is 6.05. The molecule has 0 aliphatic carbocycles. The van der Waals surface area contributed by atoms with Crippen molar-refractivity contribution in [2.24, 2.45) is 7.05 Å². The van der Waals surface area contributed by atoms with Crippen molar-refractivity contribution >= 4 is 28.5 Å². The molecule has 0 saturated carbocycles. The zero-order chi connectivity index (χ0) is 22.1. The fourth-order valence-corrected chi connectivity index (χ4v) is 3.46. The number of hydrogen-bond donors (Lipinski definition) is 2. The quantitative estimate of drug-likeness (QED) is 0.487. The summed E-state index contributed by atoms with van der Waals surface area (Å²) in [6.07, 6.45) is 0.461. The number of hydrogen-bond acceptors (Lipinski definition) is 4. The standard InChI is InChI=1S/C23H22N4O4/c1-14-20(22(29)27(26(14)3)16-9-5-4-6-10-16)25-21(28)15(2)31-23(30)18-13-24-19-12-8-7-11-17(18)19/h4-13,15,24H,1-3H3,(H,25,28)/t15-/m0/s1. The number of ether oxygens (including phenoxy) is 1. The van der Waals surface area contributed by atoms with Crippen LogP contribution in [0.3, 0.4) is 0 Å². The van der Waals surface area contributed by atoms with Gasteiger partial charge in [0, 0.05) is 24.1 Å². The third-order valence-electron chi connectivity index (χ3n) is 5.26. The van der Waals surface area contributed by atoms with Crippen LogP contribution in [0.1, 0.15) is 23.0 Å². The summed E-state index contributed by atoms with van der Waals surface area (Å²) < 4.78 is 8.48. The molecule has 0 saturated heterocycles. The zero-order valence-corrected chi connectivity index (χ0v) is 17.4. The molecule has 0 radical (unpaired) electrons. The van der Waals surface area contributed by atoms with Gasteiger partial charge in [0.1, 0.15) is 5.69 Å². The molecule has 2 heterocycles. The predicted octanol–water partition coefficient (Wildman–Crippen LogP) is 3.15. The van der Waals surface area contributed by atoms with E-state index in [1.807, 2.05) is 36.4 Å². The summed E-state index contributed by atoms with van der Waals surface area (Å²) in [5.41, 5.74) is 2.18. The lowest BCUT2D eigenvalue weighted by Crippen LogP contribution is -2.32. The van der Waals surface area contributed by atoms with E-state index >= 15 is 0 Å². The summed E-state index contributed by atoms with van der Waals surface area (Å²) in [5.74, 6) is -1.20. The van der Waals surface area contributed by atoms with Crippen LogP contribution in [0.5, 0.6) is 0 Å². The third-order valence-corrected chi connectivity index (χ3v) is 5.26. The average Bonchev–Trinajstić information content (AvgIpc) is 3.29. The van der Waals surface area contributed by atoms with E-state index in [4.69, 9.17) is 4.74 Å². The molecule has 0 bridgehead atoms. The molecule has 2 aromatic carbocycles. The molecule has 8 nitrogen and oxygen atoms in total. The molecule has 4 aromatic rings. The van der Waals surface area contributed by atoms with Gasteiger partial charge in [0.15, 0.2) is 6.10 Å². The molecule has 1 atom stereocenters. The van der Waals surface area contributed by atoms with Crippen LogP contribution in [0.4, 0.5) is 5.69 Å². The lowest BCUT2D eigenvalue weighted by molar-refractivity contribution is -0.123. The van der Waals surface area contributed by atoms with Crippen molar-refractivity contribution in [3.63, 3.8) is 0 Å². The van der Waals surface area contributed by atoms with E-state index in [-0.39, 0.29) is 11.2 Å². The van der Waals surface area contributed by atoms with Gasteiger partial charge in [-0.1, -0.05) is 36.4 Å². The fourth-order valence-electron chi connectivity index (χ4n) is 3.46. The molecular weight excluding hydrogens is 396 g/mol. The Labute approximate surface area is 178 Å². The number of rotatable bonds is 5. The third kappa shape index (κ3) is 3.63. The van der Waals surface area contributed by atoms with Crippen molar-refractivity contribution < 1.29 is 14.3 Å². The van der Waals surface area contributed by atoms with Crippen LogP contribution in [0, 0.1) is 6.92 Å². The summed E-state index contributed by atoms with van der Waals surface area (Å²) in [4.78, 5) is 41.2. The van der Waals surface area contributed by atoms with Crippen LogP contribution >= 0.6 is 0 Å². The van der Waals surface area contributed by atoms with Crippen LogP contribution in [-0.4, -0.2) is 32.3 Å². The first-order valence-corrected chi connectivity index (χ1v) is 9.80. The van der Waals surface area contributed by atoms with Crippen molar-refractivity contribution in [2.75, 3.05) is 5.32 Å². The summed E-state index contributed by atoms with van der Waals surface area (Å²) in [6.45, 7) is 3.20. The maximum atomic E-state index is 12.9. The van der Waals surface area contributed by atoms with E-state index in [2.05, 4.69) is 10.3 Å². The molecule has 0 aliphatic heterocycles. The molecule has 2 aromatic heterocycles. The van der Waals surface area contributed by atoms with Crippen LogP contribution in [0.2, 0.25) is 0 Å². The minimum Gasteiger partial charge on any atom is -0.449 e. The van der Waals surface area contributed by atoms with Crippen LogP contribution < -0.4 is 10.9 Å². The van der Waals surface area contributed by atoms with Crippen LogP contribution in [0.25, 0.3) is 16.6 Å². The van der Waals surface area contributed by atoms with Gasteiger partial charge in [-0.2, -0.15) is 0 Å². The lowest BCUT2D eigenvalue weighted by atomic mass is 10.2. The number of esters is 1. The second kappa shape index (κ2) is 7.98. The number of fused-ring (bicyclic) bond motifs is 1. The monoisotopic (exact) mass is 418 g/mol. The maximum absolute atomic E-state index is 12.9. The largest absolute Gasteiger partial charge is 0.449 e. The molecule has 31 heavy (non-hydrogen) atoms. The second-order valence-corrected chi connectivity index (χ2v) is 7.22. The SMILES string of the molecule is Cc1c(NC(=O)[C@H](C)OC(=O)c2c[nH]c3ccccc23)c(=O)n(-c2ccccc2)n1C. The second-order valence-electron chi connectivity index (χ2n) is 7.22. The zero-order valence-electron chi connectivity index (χ0n) is 17.4. The Morgan fingerprint density at radius 3 is 2.48 bits per heavy atom. The molecule has 0 spiro atoms. The number of H-pyrrole nitrogens is 1. The van der Waals surface area contributed by atoms with Gasteiger partial charge in [-0.25, -0.2) is 9.48 Å². The molecule has 158 valence electrons. The van der Waals surface area contributed by atoms with Crippen molar-refractivity contribution in [3.05, 3.63) is 82.4 Å². The number of carbonyl (C=O) groups excluding carboxylic acids is 2. The van der Waals surface area contributed by atoms with Gasteiger partial charge in [-0.3, -0.25) is 14.3 Å². The van der Waals surface area contributed by atoms with Crippen molar-refractivity contribution in [1.29, 1.82) is 0 Å². The average molecular weight is 418 g/mol. The Kier molecular flexibility index (Phi) is 5.21. The number of nitrogens with zero attached hydrogens (tertiary/aromatic N) is 2. The smallest absolute Gasteiger partial charge is 0.341 e. The summed E-state index contributed by atoms with van der Waals surface area (Å²) in [7, 11) is 1.74. The molecular formula is C23H22N4O4. The number of anilines is 1. The van der Waals surface area contributed by atoms with E-state index in [9.17, 15) is 14.4 Å². The molecule has 4 rings (SSSR count). The van der Waals surface area contributed by atoms with E-state index in [0.717, 1.165) is 5.52 Å². The summed E-state index contributed by atoms with van der Waals surface area (Å²) >= 11 is 0. The highest BCUT2D eigenvalue weighted by Crippen LogP contribution is 2.19. The Morgan fingerprint density at radius 2 is 1.74 bits per heavy atom. The first kappa shape index (κ1) is 20.2. The maximum Gasteiger partial charge on any atom is 0.341 e. The van der Waals surface area contributed by atoms with Gasteiger partial charge in [-0.05, 0) is 32.0 Å². The van der Waals surface area contributed by atoms with Crippen molar-refractivity contribution in [1.82, 2.24) is 14.3 Å².